The van der Waals surface area contributed by atoms with Crippen LogP contribution in [0.1, 0.15) is 11.1 Å². The molecule has 2 aromatic rings. The summed E-state index contributed by atoms with van der Waals surface area (Å²) in [6, 6.07) is 9.29. The number of aryl methyl sites for hydroxylation is 1. The Morgan fingerprint density at radius 2 is 1.86 bits per heavy atom. The first-order chi connectivity index (χ1) is 9.79. The average molecular weight is 329 g/mol. The minimum atomic E-state index is -3.87. The number of nitrogen functional groups attached to an aromatic ring is 1. The molecular formula is C14H14ClFN2O2S. The molecule has 0 saturated heterocycles. The largest absolute Gasteiger partial charge is 0.396 e. The average Bonchev–Trinajstić information content (AvgIpc) is 2.42. The van der Waals surface area contributed by atoms with Gasteiger partial charge in [0.25, 0.3) is 0 Å². The van der Waals surface area contributed by atoms with E-state index in [0.29, 0.717) is 0 Å². The molecule has 0 unspecified atom stereocenters. The highest BCUT2D eigenvalue weighted by Crippen LogP contribution is 2.26. The number of hydrogen-bond donors (Lipinski definition) is 2. The van der Waals surface area contributed by atoms with Crippen molar-refractivity contribution in [3.8, 4) is 0 Å². The molecule has 0 heterocycles. The molecule has 2 rings (SSSR count). The highest BCUT2D eigenvalue weighted by Gasteiger charge is 2.19. The molecule has 112 valence electrons. The van der Waals surface area contributed by atoms with Crippen LogP contribution in [0.4, 0.5) is 10.1 Å². The Morgan fingerprint density at radius 3 is 2.48 bits per heavy atom. The zero-order valence-corrected chi connectivity index (χ0v) is 12.8. The van der Waals surface area contributed by atoms with Gasteiger partial charge in [-0.05, 0) is 24.6 Å². The Bertz CT molecular complexity index is 761. The van der Waals surface area contributed by atoms with Crippen molar-refractivity contribution in [3.05, 3.63) is 58.4 Å². The van der Waals surface area contributed by atoms with E-state index in [1.54, 1.807) is 0 Å². The molecule has 0 aliphatic rings. The normalized spacial score (nSPS) is 11.6. The molecule has 3 N–H and O–H groups in total. The SMILES string of the molecule is Cc1ccc(CNS(=O)(=O)c2cc(N)c(F)cc2Cl)cc1. The van der Waals surface area contributed by atoms with E-state index in [2.05, 4.69) is 4.72 Å². The van der Waals surface area contributed by atoms with Crippen molar-refractivity contribution >= 4 is 27.3 Å². The molecular weight excluding hydrogens is 315 g/mol. The third-order valence-electron chi connectivity index (χ3n) is 2.93. The van der Waals surface area contributed by atoms with Crippen LogP contribution in [0.3, 0.4) is 0 Å². The molecule has 0 spiro atoms. The van der Waals surface area contributed by atoms with E-state index in [-0.39, 0.29) is 22.2 Å². The molecule has 21 heavy (non-hydrogen) atoms. The summed E-state index contributed by atoms with van der Waals surface area (Å²) in [5, 5.41) is -0.210. The summed E-state index contributed by atoms with van der Waals surface area (Å²) in [5.74, 6) is -0.752. The molecule has 0 amide bonds. The van der Waals surface area contributed by atoms with Crippen LogP contribution in [0, 0.1) is 12.7 Å². The zero-order valence-electron chi connectivity index (χ0n) is 11.2. The van der Waals surface area contributed by atoms with Crippen LogP contribution in [-0.2, 0) is 16.6 Å². The maximum Gasteiger partial charge on any atom is 0.242 e. The smallest absolute Gasteiger partial charge is 0.242 e. The molecule has 0 fully saturated rings. The minimum Gasteiger partial charge on any atom is -0.396 e. The Kier molecular flexibility index (Phi) is 4.51. The van der Waals surface area contributed by atoms with E-state index < -0.39 is 15.8 Å². The van der Waals surface area contributed by atoms with Gasteiger partial charge in [0.1, 0.15) is 10.7 Å². The number of hydrogen-bond acceptors (Lipinski definition) is 3. The summed E-state index contributed by atoms with van der Waals surface area (Å²) >= 11 is 5.77. The molecule has 0 aliphatic heterocycles. The predicted molar refractivity (Wildman–Crippen MR) is 81.0 cm³/mol. The van der Waals surface area contributed by atoms with Gasteiger partial charge in [-0.1, -0.05) is 41.4 Å². The van der Waals surface area contributed by atoms with Gasteiger partial charge in [0.2, 0.25) is 10.0 Å². The van der Waals surface area contributed by atoms with Crippen molar-refractivity contribution in [2.75, 3.05) is 5.73 Å². The summed E-state index contributed by atoms with van der Waals surface area (Å²) < 4.78 is 40.0. The van der Waals surface area contributed by atoms with Crippen molar-refractivity contribution in [3.63, 3.8) is 0 Å². The van der Waals surface area contributed by atoms with Gasteiger partial charge in [-0.2, -0.15) is 0 Å². The third-order valence-corrected chi connectivity index (χ3v) is 4.79. The van der Waals surface area contributed by atoms with Crippen molar-refractivity contribution in [2.24, 2.45) is 0 Å². The second-order valence-electron chi connectivity index (χ2n) is 4.61. The summed E-state index contributed by atoms with van der Waals surface area (Å²) in [5.41, 5.74) is 7.00. The molecule has 7 heteroatoms. The van der Waals surface area contributed by atoms with Gasteiger partial charge < -0.3 is 5.73 Å². The van der Waals surface area contributed by atoms with Crippen LogP contribution in [0.5, 0.6) is 0 Å². The lowest BCUT2D eigenvalue weighted by atomic mass is 10.2. The van der Waals surface area contributed by atoms with Gasteiger partial charge in [-0.25, -0.2) is 17.5 Å². The maximum absolute atomic E-state index is 13.2. The predicted octanol–water partition coefficient (Wildman–Crippen LogP) is 2.85. The molecule has 4 nitrogen and oxygen atoms in total. The number of halogens is 2. The fourth-order valence-electron chi connectivity index (χ4n) is 1.71. The maximum atomic E-state index is 13.2. The fraction of sp³-hybridized carbons (Fsp3) is 0.143. The summed E-state index contributed by atoms with van der Waals surface area (Å²) in [4.78, 5) is -0.241. The Morgan fingerprint density at radius 1 is 1.24 bits per heavy atom. The lowest BCUT2D eigenvalue weighted by Gasteiger charge is -2.10. The van der Waals surface area contributed by atoms with Gasteiger partial charge in [0.05, 0.1) is 10.7 Å². The van der Waals surface area contributed by atoms with Crippen molar-refractivity contribution in [1.82, 2.24) is 4.72 Å². The third kappa shape index (κ3) is 3.72. The van der Waals surface area contributed by atoms with Gasteiger partial charge in [0.15, 0.2) is 0 Å². The standard InChI is InChI=1S/C14H14ClFN2O2S/c1-9-2-4-10(5-3-9)8-18-21(19,20)14-7-13(17)12(16)6-11(14)15/h2-7,18H,8,17H2,1H3. The second-order valence-corrected chi connectivity index (χ2v) is 6.76. The van der Waals surface area contributed by atoms with Crippen LogP contribution in [0.15, 0.2) is 41.3 Å². The first-order valence-electron chi connectivity index (χ1n) is 6.09. The van der Waals surface area contributed by atoms with E-state index in [0.717, 1.165) is 23.3 Å². The quantitative estimate of drug-likeness (QED) is 0.848. The summed E-state index contributed by atoms with van der Waals surface area (Å²) in [7, 11) is -3.87. The van der Waals surface area contributed by atoms with E-state index in [1.165, 1.54) is 0 Å². The number of rotatable bonds is 4. The molecule has 0 saturated carbocycles. The van der Waals surface area contributed by atoms with Crippen LogP contribution in [-0.4, -0.2) is 8.42 Å². The van der Waals surface area contributed by atoms with E-state index >= 15 is 0 Å². The number of sulfonamides is 1. The Hall–Kier alpha value is -1.63. The minimum absolute atomic E-state index is 0.107. The number of nitrogens with one attached hydrogen (secondary N) is 1. The Balaban J connectivity index is 2.22. The summed E-state index contributed by atoms with van der Waals surface area (Å²) in [6.07, 6.45) is 0. The molecule has 0 aliphatic carbocycles. The topological polar surface area (TPSA) is 72.2 Å². The lowest BCUT2D eigenvalue weighted by Crippen LogP contribution is -2.23. The summed E-state index contributed by atoms with van der Waals surface area (Å²) in [6.45, 7) is 2.05. The molecule has 0 radical (unpaired) electrons. The van der Waals surface area contributed by atoms with Crippen molar-refractivity contribution < 1.29 is 12.8 Å². The van der Waals surface area contributed by atoms with Crippen LogP contribution in [0.25, 0.3) is 0 Å². The van der Waals surface area contributed by atoms with E-state index in [1.807, 2.05) is 31.2 Å². The first-order valence-corrected chi connectivity index (χ1v) is 7.95. The molecule has 0 aromatic heterocycles. The number of nitrogens with two attached hydrogens (primary N) is 1. The Labute approximate surface area is 127 Å². The van der Waals surface area contributed by atoms with Crippen molar-refractivity contribution in [2.45, 2.75) is 18.4 Å². The number of benzene rings is 2. The first kappa shape index (κ1) is 15.8. The zero-order chi connectivity index (χ0) is 15.6. The monoisotopic (exact) mass is 328 g/mol. The van der Waals surface area contributed by atoms with Crippen LogP contribution >= 0.6 is 11.6 Å². The highest BCUT2D eigenvalue weighted by molar-refractivity contribution is 7.89. The van der Waals surface area contributed by atoms with Gasteiger partial charge >= 0.3 is 0 Å². The van der Waals surface area contributed by atoms with Gasteiger partial charge in [-0.15, -0.1) is 0 Å². The van der Waals surface area contributed by atoms with Gasteiger partial charge in [-0.3, -0.25) is 0 Å². The van der Waals surface area contributed by atoms with Crippen LogP contribution < -0.4 is 10.5 Å². The lowest BCUT2D eigenvalue weighted by molar-refractivity contribution is 0.580. The number of anilines is 1. The molecule has 0 bridgehead atoms. The van der Waals surface area contributed by atoms with Crippen molar-refractivity contribution in [1.29, 1.82) is 0 Å². The highest BCUT2D eigenvalue weighted by atomic mass is 35.5. The van der Waals surface area contributed by atoms with E-state index in [4.69, 9.17) is 17.3 Å². The second kappa shape index (κ2) is 6.01. The molecule has 0 atom stereocenters. The molecule has 2 aromatic carbocycles. The van der Waals surface area contributed by atoms with Crippen LogP contribution in [0.2, 0.25) is 5.02 Å². The fourth-order valence-corrected chi connectivity index (χ4v) is 3.28. The van der Waals surface area contributed by atoms with E-state index in [9.17, 15) is 12.8 Å². The van der Waals surface area contributed by atoms with Gasteiger partial charge in [0, 0.05) is 6.54 Å².